The van der Waals surface area contributed by atoms with Crippen LogP contribution in [0.4, 0.5) is 5.82 Å². The van der Waals surface area contributed by atoms with E-state index < -0.39 is 0 Å². The molecule has 6 nitrogen and oxygen atoms in total. The lowest BCUT2D eigenvalue weighted by molar-refractivity contribution is -0.547. The predicted octanol–water partition coefficient (Wildman–Crippen LogP) is 2.66. The highest BCUT2D eigenvalue weighted by Gasteiger charge is 2.40. The number of anilines is 1. The average molecular weight is 430 g/mol. The van der Waals surface area contributed by atoms with Crippen molar-refractivity contribution in [2.24, 2.45) is 16.9 Å². The van der Waals surface area contributed by atoms with E-state index in [-0.39, 0.29) is 0 Å². The van der Waals surface area contributed by atoms with Crippen LogP contribution >= 0.6 is 23.4 Å². The molecule has 0 radical (unpaired) electrons. The molecule has 1 aliphatic heterocycles. The van der Waals surface area contributed by atoms with Gasteiger partial charge in [-0.15, -0.1) is 0 Å². The minimum Gasteiger partial charge on any atom is -0.391 e. The zero-order chi connectivity index (χ0) is 20.4. The van der Waals surface area contributed by atoms with Crippen LogP contribution < -0.4 is 22.5 Å². The van der Waals surface area contributed by atoms with Gasteiger partial charge in [-0.1, -0.05) is 47.6 Å². The summed E-state index contributed by atoms with van der Waals surface area (Å²) in [5, 5.41) is 4.07. The first-order valence-electron chi connectivity index (χ1n) is 9.70. The summed E-state index contributed by atoms with van der Waals surface area (Å²) >= 11 is 7.48. The lowest BCUT2D eigenvalue weighted by Crippen LogP contribution is -2.45. The molecule has 29 heavy (non-hydrogen) atoms. The Labute approximate surface area is 180 Å². The third kappa shape index (κ3) is 4.31. The molecule has 1 spiro atoms. The second-order valence-electron chi connectivity index (χ2n) is 7.80. The van der Waals surface area contributed by atoms with E-state index in [9.17, 15) is 0 Å². The van der Waals surface area contributed by atoms with Crippen LogP contribution in [0.5, 0.6) is 0 Å². The highest BCUT2D eigenvalue weighted by Crippen LogP contribution is 2.43. The molecule has 0 atom stereocenters. The van der Waals surface area contributed by atoms with Gasteiger partial charge in [0.1, 0.15) is 10.8 Å². The fourth-order valence-electron chi connectivity index (χ4n) is 4.26. The van der Waals surface area contributed by atoms with Crippen molar-refractivity contribution in [3.8, 4) is 0 Å². The number of benzene rings is 1. The molecule has 0 amide bonds. The number of hydrogen-bond donors (Lipinski definition) is 4. The van der Waals surface area contributed by atoms with Crippen molar-refractivity contribution in [3.63, 3.8) is 0 Å². The van der Waals surface area contributed by atoms with Crippen LogP contribution in [0.2, 0.25) is 5.02 Å². The van der Waals surface area contributed by atoms with Gasteiger partial charge in [-0.3, -0.25) is 10.3 Å². The van der Waals surface area contributed by atoms with Crippen LogP contribution in [-0.2, 0) is 12.8 Å². The third-order valence-corrected chi connectivity index (χ3v) is 7.31. The van der Waals surface area contributed by atoms with Crippen LogP contribution in [0.1, 0.15) is 24.0 Å². The van der Waals surface area contributed by atoms with E-state index in [4.69, 9.17) is 28.8 Å². The molecule has 0 unspecified atom stereocenters. The number of guanidine groups is 1. The SMILES string of the molecule is NC(N/C=C(\N)Sc1ccnc(N)c1Cl)=[N+]1CCC2(CC1)Cc1ccccc1C2. The maximum absolute atomic E-state index is 6.28. The number of nitrogen functional groups attached to an aromatic ring is 1. The van der Waals surface area contributed by atoms with Crippen molar-refractivity contribution in [3.05, 3.63) is 63.9 Å². The van der Waals surface area contributed by atoms with Crippen LogP contribution in [0, 0.1) is 5.41 Å². The average Bonchev–Trinajstić information content (AvgIpc) is 3.07. The van der Waals surface area contributed by atoms with Crippen LogP contribution in [-0.4, -0.2) is 28.6 Å². The molecule has 152 valence electrons. The Balaban J connectivity index is 1.36. The number of piperidine rings is 1. The number of fused-ring (bicyclic) bond motifs is 1. The normalized spacial score (nSPS) is 18.0. The molecule has 1 saturated heterocycles. The Hall–Kier alpha value is -2.38. The number of pyridine rings is 1. The number of hydrogen-bond acceptors (Lipinski definition) is 4. The van der Waals surface area contributed by atoms with Gasteiger partial charge in [0.2, 0.25) is 0 Å². The molecule has 2 aromatic rings. The lowest BCUT2D eigenvalue weighted by atomic mass is 9.76. The maximum Gasteiger partial charge on any atom is 0.347 e. The molecule has 4 rings (SSSR count). The van der Waals surface area contributed by atoms with Crippen LogP contribution in [0.3, 0.4) is 0 Å². The number of halogens is 1. The van der Waals surface area contributed by atoms with Gasteiger partial charge < -0.3 is 11.5 Å². The molecule has 2 aliphatic rings. The van der Waals surface area contributed by atoms with E-state index in [1.807, 2.05) is 0 Å². The molecular weight excluding hydrogens is 404 g/mol. The van der Waals surface area contributed by atoms with Crippen molar-refractivity contribution in [1.29, 1.82) is 0 Å². The van der Waals surface area contributed by atoms with Crippen molar-refractivity contribution >= 4 is 35.1 Å². The molecule has 2 heterocycles. The summed E-state index contributed by atoms with van der Waals surface area (Å²) < 4.78 is 2.19. The van der Waals surface area contributed by atoms with E-state index >= 15 is 0 Å². The van der Waals surface area contributed by atoms with Gasteiger partial charge in [0.05, 0.1) is 24.3 Å². The van der Waals surface area contributed by atoms with Gasteiger partial charge in [0.25, 0.3) is 0 Å². The number of nitrogens with zero attached hydrogens (tertiary/aromatic N) is 2. The van der Waals surface area contributed by atoms with Crippen molar-refractivity contribution in [1.82, 2.24) is 10.3 Å². The van der Waals surface area contributed by atoms with E-state index in [0.29, 0.717) is 27.2 Å². The third-order valence-electron chi connectivity index (χ3n) is 5.88. The summed E-state index contributed by atoms with van der Waals surface area (Å²) in [6.07, 6.45) is 7.96. The molecular formula is C21H26ClN6S+. The summed E-state index contributed by atoms with van der Waals surface area (Å²) in [5.74, 6) is 0.916. The fourth-order valence-corrected chi connectivity index (χ4v) is 5.18. The van der Waals surface area contributed by atoms with Gasteiger partial charge in [-0.2, -0.15) is 0 Å². The molecule has 0 bridgehead atoms. The Morgan fingerprint density at radius 3 is 2.45 bits per heavy atom. The number of nitrogens with one attached hydrogen (secondary N) is 1. The quantitative estimate of drug-likeness (QED) is 0.339. The summed E-state index contributed by atoms with van der Waals surface area (Å²) in [4.78, 5) is 4.71. The van der Waals surface area contributed by atoms with Gasteiger partial charge >= 0.3 is 5.96 Å². The molecule has 0 saturated carbocycles. The number of rotatable bonds is 3. The second kappa shape index (κ2) is 8.16. The summed E-state index contributed by atoms with van der Waals surface area (Å²) in [5.41, 5.74) is 21.5. The predicted molar refractivity (Wildman–Crippen MR) is 120 cm³/mol. The molecule has 1 aromatic carbocycles. The Bertz CT molecular complexity index is 950. The number of aromatic nitrogens is 1. The maximum atomic E-state index is 6.28. The van der Waals surface area contributed by atoms with Gasteiger partial charge in [-0.25, -0.2) is 10.3 Å². The molecule has 1 aromatic heterocycles. The van der Waals surface area contributed by atoms with Crippen molar-refractivity contribution in [2.75, 3.05) is 18.8 Å². The standard InChI is InChI=1S/C21H25ClN6S/c22-18-16(5-8-26-19(18)24)29-17(23)13-27-20(25)28-9-6-21(7-10-28)11-14-3-1-2-4-15(14)12-21/h1-5,8,13H,6-7,9-12,23H2,(H4,24,25,26,27)/p+1/b17-13+. The van der Waals surface area contributed by atoms with Crippen LogP contribution in [0.15, 0.2) is 52.7 Å². The van der Waals surface area contributed by atoms with E-state index in [2.05, 4.69) is 39.1 Å². The summed E-state index contributed by atoms with van der Waals surface area (Å²) in [6, 6.07) is 10.6. The van der Waals surface area contributed by atoms with Crippen molar-refractivity contribution in [2.45, 2.75) is 30.6 Å². The zero-order valence-corrected chi connectivity index (χ0v) is 17.8. The summed E-state index contributed by atoms with van der Waals surface area (Å²) in [6.45, 7) is 1.89. The van der Waals surface area contributed by atoms with Gasteiger partial charge in [0, 0.05) is 11.1 Å². The topological polar surface area (TPSA) is 106 Å². The smallest absolute Gasteiger partial charge is 0.347 e. The fraction of sp³-hybridized carbons (Fsp3) is 0.333. The van der Waals surface area contributed by atoms with Gasteiger partial charge in [0.15, 0.2) is 0 Å². The van der Waals surface area contributed by atoms with Crippen molar-refractivity contribution < 1.29 is 4.58 Å². The highest BCUT2D eigenvalue weighted by molar-refractivity contribution is 8.03. The minimum absolute atomic E-state index is 0.291. The number of thioether (sulfide) groups is 1. The van der Waals surface area contributed by atoms with Gasteiger partial charge in [-0.05, 0) is 48.3 Å². The van der Waals surface area contributed by atoms with E-state index in [0.717, 1.165) is 30.8 Å². The Morgan fingerprint density at radius 2 is 1.79 bits per heavy atom. The van der Waals surface area contributed by atoms with Crippen LogP contribution in [0.25, 0.3) is 0 Å². The first kappa shape index (κ1) is 19.9. The lowest BCUT2D eigenvalue weighted by Gasteiger charge is -2.34. The largest absolute Gasteiger partial charge is 0.391 e. The van der Waals surface area contributed by atoms with E-state index in [1.165, 1.54) is 35.7 Å². The Kier molecular flexibility index (Phi) is 5.61. The highest BCUT2D eigenvalue weighted by atomic mass is 35.5. The minimum atomic E-state index is 0.291. The monoisotopic (exact) mass is 429 g/mol. The zero-order valence-electron chi connectivity index (χ0n) is 16.2. The molecule has 7 N–H and O–H groups in total. The first-order valence-corrected chi connectivity index (χ1v) is 10.9. The molecule has 1 fully saturated rings. The second-order valence-corrected chi connectivity index (χ2v) is 9.29. The molecule has 1 aliphatic carbocycles. The Morgan fingerprint density at radius 1 is 1.14 bits per heavy atom. The summed E-state index contributed by atoms with van der Waals surface area (Å²) in [7, 11) is 0. The first-order chi connectivity index (χ1) is 14.0. The molecule has 8 heteroatoms. The van der Waals surface area contributed by atoms with E-state index in [1.54, 1.807) is 18.5 Å². The number of nitrogens with two attached hydrogens (primary N) is 3.